The lowest BCUT2D eigenvalue weighted by Gasteiger charge is -1.93. The van der Waals surface area contributed by atoms with Crippen LogP contribution in [0.5, 0.6) is 0 Å². The van der Waals surface area contributed by atoms with E-state index in [-0.39, 0.29) is 0 Å². The summed E-state index contributed by atoms with van der Waals surface area (Å²) in [7, 11) is 0. The van der Waals surface area contributed by atoms with Crippen LogP contribution in [0.15, 0.2) is 24.3 Å². The average molecular weight is 214 g/mol. The van der Waals surface area contributed by atoms with Gasteiger partial charge in [0.15, 0.2) is 0 Å². The molecule has 88 valence electrons. The Morgan fingerprint density at radius 3 is 1.47 bits per heavy atom. The van der Waals surface area contributed by atoms with Gasteiger partial charge in [-0.3, -0.25) is 0 Å². The minimum Gasteiger partial charge on any atom is -0.317 e. The lowest BCUT2D eigenvalue weighted by molar-refractivity contribution is 0.169. The number of hydrogen-bond donors (Lipinski definition) is 4. The van der Waals surface area contributed by atoms with Crippen molar-refractivity contribution < 1.29 is 10.4 Å². The summed E-state index contributed by atoms with van der Waals surface area (Å²) in [6.07, 6.45) is 13.5. The van der Waals surface area contributed by atoms with Crippen LogP contribution in [0, 0.1) is 0 Å². The number of hydroxylamine groups is 2. The van der Waals surface area contributed by atoms with Crippen LogP contribution in [-0.2, 0) is 0 Å². The maximum Gasteiger partial charge on any atom is 0.0242 e. The molecule has 0 aromatic rings. The van der Waals surface area contributed by atoms with Crippen molar-refractivity contribution in [2.45, 2.75) is 32.1 Å². The SMILES string of the molecule is ONCCC=CCCCC=CCCNO. The third kappa shape index (κ3) is 13.3. The molecule has 0 aromatic heterocycles. The normalized spacial score (nSPS) is 11.9. The van der Waals surface area contributed by atoms with Gasteiger partial charge in [-0.1, -0.05) is 24.3 Å². The molecule has 0 fully saturated rings. The van der Waals surface area contributed by atoms with Crippen LogP contribution in [0.3, 0.4) is 0 Å². The van der Waals surface area contributed by atoms with Crippen molar-refractivity contribution in [2.24, 2.45) is 0 Å². The second kappa shape index (κ2) is 13.3. The minimum absolute atomic E-state index is 0.616. The highest BCUT2D eigenvalue weighted by Gasteiger charge is 1.82. The first-order valence-electron chi connectivity index (χ1n) is 5.45. The first-order valence-corrected chi connectivity index (χ1v) is 5.45. The molecule has 0 saturated heterocycles. The number of rotatable bonds is 10. The van der Waals surface area contributed by atoms with E-state index in [2.05, 4.69) is 35.3 Å². The van der Waals surface area contributed by atoms with Crippen molar-refractivity contribution in [1.82, 2.24) is 11.0 Å². The zero-order chi connectivity index (χ0) is 11.2. The summed E-state index contributed by atoms with van der Waals surface area (Å²) in [5.41, 5.74) is 4.22. The van der Waals surface area contributed by atoms with Gasteiger partial charge in [0.2, 0.25) is 0 Å². The smallest absolute Gasteiger partial charge is 0.0242 e. The maximum atomic E-state index is 8.29. The molecular formula is C11H22N2O2. The van der Waals surface area contributed by atoms with Crippen molar-refractivity contribution in [3.05, 3.63) is 24.3 Å². The molecule has 0 atom stereocenters. The zero-order valence-electron chi connectivity index (χ0n) is 9.15. The molecule has 0 unspecified atom stereocenters. The van der Waals surface area contributed by atoms with Gasteiger partial charge in [-0.15, -0.1) is 0 Å². The lowest BCUT2D eigenvalue weighted by atomic mass is 10.2. The highest BCUT2D eigenvalue weighted by Crippen LogP contribution is 1.99. The van der Waals surface area contributed by atoms with Gasteiger partial charge >= 0.3 is 0 Å². The number of hydrogen-bond acceptors (Lipinski definition) is 4. The van der Waals surface area contributed by atoms with E-state index in [0.29, 0.717) is 13.1 Å². The van der Waals surface area contributed by atoms with Gasteiger partial charge in [0.1, 0.15) is 0 Å². The number of unbranched alkanes of at least 4 members (excludes halogenated alkanes) is 2. The van der Waals surface area contributed by atoms with E-state index in [4.69, 9.17) is 10.4 Å². The Morgan fingerprint density at radius 1 is 0.667 bits per heavy atom. The van der Waals surface area contributed by atoms with E-state index < -0.39 is 0 Å². The fourth-order valence-electron chi connectivity index (χ4n) is 1.12. The van der Waals surface area contributed by atoms with Crippen LogP contribution in [0.2, 0.25) is 0 Å². The summed E-state index contributed by atoms with van der Waals surface area (Å²) >= 11 is 0. The molecule has 0 radical (unpaired) electrons. The van der Waals surface area contributed by atoms with E-state index in [1.807, 2.05) is 0 Å². The molecule has 0 amide bonds. The van der Waals surface area contributed by atoms with Gasteiger partial charge in [0, 0.05) is 13.1 Å². The summed E-state index contributed by atoms with van der Waals surface area (Å²) in [5, 5.41) is 16.6. The molecule has 0 rings (SSSR count). The largest absolute Gasteiger partial charge is 0.317 e. The standard InChI is InChI=1S/C11H22N2O2/c14-12-10-8-6-4-2-1-3-5-7-9-11-13-15/h4-7,12-15H,1-3,8-11H2. The molecule has 4 heteroatoms. The lowest BCUT2D eigenvalue weighted by Crippen LogP contribution is -2.06. The van der Waals surface area contributed by atoms with Gasteiger partial charge in [0.05, 0.1) is 0 Å². The average Bonchev–Trinajstić information content (AvgIpc) is 2.26. The van der Waals surface area contributed by atoms with Crippen LogP contribution >= 0.6 is 0 Å². The first-order chi connectivity index (χ1) is 7.41. The highest BCUT2D eigenvalue weighted by atomic mass is 16.5. The third-order valence-electron chi connectivity index (χ3n) is 1.92. The predicted octanol–water partition coefficient (Wildman–Crippen LogP) is 2.01. The fourth-order valence-corrected chi connectivity index (χ4v) is 1.12. The number of nitrogens with one attached hydrogen (secondary N) is 2. The van der Waals surface area contributed by atoms with Crippen LogP contribution in [0.4, 0.5) is 0 Å². The van der Waals surface area contributed by atoms with Crippen molar-refractivity contribution in [1.29, 1.82) is 0 Å². The van der Waals surface area contributed by atoms with E-state index in [0.717, 1.165) is 32.1 Å². The molecule has 0 bridgehead atoms. The fraction of sp³-hybridized carbons (Fsp3) is 0.636. The Kier molecular flexibility index (Phi) is 12.7. The molecule has 0 spiro atoms. The maximum absolute atomic E-state index is 8.29. The Morgan fingerprint density at radius 2 is 1.07 bits per heavy atom. The molecule has 0 aliphatic carbocycles. The van der Waals surface area contributed by atoms with Crippen molar-refractivity contribution in [3.63, 3.8) is 0 Å². The van der Waals surface area contributed by atoms with Gasteiger partial charge < -0.3 is 10.4 Å². The number of allylic oxidation sites excluding steroid dienone is 2. The summed E-state index contributed by atoms with van der Waals surface area (Å²) in [4.78, 5) is 0. The molecule has 0 aromatic carbocycles. The zero-order valence-corrected chi connectivity index (χ0v) is 9.15. The second-order valence-electron chi connectivity index (χ2n) is 3.27. The van der Waals surface area contributed by atoms with E-state index in [1.165, 1.54) is 0 Å². The summed E-state index contributed by atoms with van der Waals surface area (Å²) in [6.45, 7) is 1.23. The molecular weight excluding hydrogens is 192 g/mol. The first kappa shape index (κ1) is 14.3. The van der Waals surface area contributed by atoms with Crippen LogP contribution < -0.4 is 11.0 Å². The Labute approximate surface area is 91.6 Å². The Bertz CT molecular complexity index is 152. The highest BCUT2D eigenvalue weighted by molar-refractivity contribution is 4.85. The molecule has 4 nitrogen and oxygen atoms in total. The van der Waals surface area contributed by atoms with E-state index in [1.54, 1.807) is 0 Å². The predicted molar refractivity (Wildman–Crippen MR) is 60.9 cm³/mol. The molecule has 15 heavy (non-hydrogen) atoms. The van der Waals surface area contributed by atoms with E-state index >= 15 is 0 Å². The van der Waals surface area contributed by atoms with Gasteiger partial charge in [-0.05, 0) is 32.1 Å². The minimum atomic E-state index is 0.616. The van der Waals surface area contributed by atoms with Crippen LogP contribution in [-0.4, -0.2) is 23.5 Å². The monoisotopic (exact) mass is 214 g/mol. The molecule has 0 aliphatic heterocycles. The van der Waals surface area contributed by atoms with Gasteiger partial charge in [0.25, 0.3) is 0 Å². The van der Waals surface area contributed by atoms with Crippen molar-refractivity contribution >= 4 is 0 Å². The quantitative estimate of drug-likeness (QED) is 0.255. The van der Waals surface area contributed by atoms with Gasteiger partial charge in [-0.25, -0.2) is 11.0 Å². The molecule has 0 saturated carbocycles. The van der Waals surface area contributed by atoms with Crippen LogP contribution in [0.25, 0.3) is 0 Å². The van der Waals surface area contributed by atoms with Crippen LogP contribution in [0.1, 0.15) is 32.1 Å². The van der Waals surface area contributed by atoms with Crippen molar-refractivity contribution in [2.75, 3.05) is 13.1 Å². The van der Waals surface area contributed by atoms with Crippen molar-refractivity contribution in [3.8, 4) is 0 Å². The van der Waals surface area contributed by atoms with Gasteiger partial charge in [-0.2, -0.15) is 0 Å². The van der Waals surface area contributed by atoms with E-state index in [9.17, 15) is 0 Å². The molecule has 4 N–H and O–H groups in total. The summed E-state index contributed by atoms with van der Waals surface area (Å²) in [6, 6.07) is 0. The molecule has 0 aliphatic rings. The third-order valence-corrected chi connectivity index (χ3v) is 1.92. The Hall–Kier alpha value is -0.680. The Balaban J connectivity index is 3.10. The topological polar surface area (TPSA) is 64.5 Å². The summed E-state index contributed by atoms with van der Waals surface area (Å²) in [5.74, 6) is 0. The second-order valence-corrected chi connectivity index (χ2v) is 3.27. The summed E-state index contributed by atoms with van der Waals surface area (Å²) < 4.78 is 0. The molecule has 0 heterocycles.